The smallest absolute Gasteiger partial charge is 0.0499 e. The van der Waals surface area contributed by atoms with Crippen molar-refractivity contribution in [3.05, 3.63) is 57.5 Å². The highest BCUT2D eigenvalue weighted by molar-refractivity contribution is 9.10. The van der Waals surface area contributed by atoms with E-state index in [0.717, 1.165) is 22.0 Å². The first-order chi connectivity index (χ1) is 14.6. The van der Waals surface area contributed by atoms with Crippen molar-refractivity contribution >= 4 is 75.5 Å². The topological polar surface area (TPSA) is 9.86 Å². The molecule has 5 rings (SSSR count). The second-order valence-corrected chi connectivity index (χ2v) is 10.1. The summed E-state index contributed by atoms with van der Waals surface area (Å²) in [6.07, 6.45) is 4.78. The first-order valence-electron chi connectivity index (χ1n) is 10.9. The monoisotopic (exact) mass is 524 g/mol. The van der Waals surface area contributed by atoms with Crippen LogP contribution in [-0.4, -0.2) is 9.13 Å². The summed E-state index contributed by atoms with van der Waals surface area (Å²) in [6, 6.07) is 18.3. The summed E-state index contributed by atoms with van der Waals surface area (Å²) in [7, 11) is 0. The van der Waals surface area contributed by atoms with Crippen LogP contribution in [0.5, 0.6) is 0 Å². The summed E-state index contributed by atoms with van der Waals surface area (Å²) < 4.78 is 7.32. The Morgan fingerprint density at radius 2 is 0.967 bits per heavy atom. The molecule has 5 aromatic rings. The Morgan fingerprint density at radius 3 is 1.37 bits per heavy atom. The summed E-state index contributed by atoms with van der Waals surface area (Å²) >= 11 is 7.39. The summed E-state index contributed by atoms with van der Waals surface area (Å²) in [5.41, 5.74) is 5.36. The van der Waals surface area contributed by atoms with Crippen molar-refractivity contribution in [2.24, 2.45) is 0 Å². The molecule has 0 saturated carbocycles. The van der Waals surface area contributed by atoms with Crippen LogP contribution >= 0.6 is 31.9 Å². The minimum absolute atomic E-state index is 1.06. The quantitative estimate of drug-likeness (QED) is 0.209. The lowest BCUT2D eigenvalue weighted by Crippen LogP contribution is -1.98. The van der Waals surface area contributed by atoms with E-state index in [2.05, 4.69) is 103 Å². The van der Waals surface area contributed by atoms with Gasteiger partial charge in [-0.3, -0.25) is 0 Å². The molecule has 0 aliphatic rings. The van der Waals surface area contributed by atoms with E-state index in [1.807, 2.05) is 0 Å². The number of unbranched alkanes of at least 4 members (excludes halogenated alkanes) is 2. The van der Waals surface area contributed by atoms with E-state index >= 15 is 0 Å². The molecule has 0 spiro atoms. The summed E-state index contributed by atoms with van der Waals surface area (Å²) in [5, 5.41) is 5.39. The maximum atomic E-state index is 3.69. The fourth-order valence-corrected chi connectivity index (χ4v) is 5.47. The fourth-order valence-electron chi connectivity index (χ4n) is 4.75. The highest BCUT2D eigenvalue weighted by atomic mass is 79.9. The number of hydrogen-bond donors (Lipinski definition) is 0. The van der Waals surface area contributed by atoms with Gasteiger partial charge < -0.3 is 9.13 Å². The van der Waals surface area contributed by atoms with E-state index in [-0.39, 0.29) is 0 Å². The molecule has 2 nitrogen and oxygen atoms in total. The van der Waals surface area contributed by atoms with Gasteiger partial charge in [0.15, 0.2) is 0 Å². The molecule has 0 saturated heterocycles. The van der Waals surface area contributed by atoms with Crippen LogP contribution in [0.2, 0.25) is 0 Å². The fraction of sp³-hybridized carbons (Fsp3) is 0.308. The van der Waals surface area contributed by atoms with E-state index < -0.39 is 0 Å². The maximum Gasteiger partial charge on any atom is 0.0499 e. The van der Waals surface area contributed by atoms with Gasteiger partial charge >= 0.3 is 0 Å². The Labute approximate surface area is 194 Å². The van der Waals surface area contributed by atoms with Crippen LogP contribution in [0.3, 0.4) is 0 Å². The summed E-state index contributed by atoms with van der Waals surface area (Å²) in [4.78, 5) is 0. The average molecular weight is 526 g/mol. The highest BCUT2D eigenvalue weighted by Crippen LogP contribution is 2.38. The number of fused-ring (bicyclic) bond motifs is 6. The standard InChI is InChI=1S/C26H26Br2N2/c1-3-5-11-29-23-9-7-17(27)13-19(23)21-16-26-22(15-25(21)29)20-14-18(28)8-10-24(20)30(26)12-6-4-2/h7-10,13-16H,3-6,11-12H2,1-2H3. The van der Waals surface area contributed by atoms with E-state index in [0.29, 0.717) is 0 Å². The Hall–Kier alpha value is -1.78. The van der Waals surface area contributed by atoms with E-state index in [1.54, 1.807) is 0 Å². The molecule has 0 bridgehead atoms. The van der Waals surface area contributed by atoms with Gasteiger partial charge in [-0.15, -0.1) is 0 Å². The van der Waals surface area contributed by atoms with Crippen molar-refractivity contribution in [2.45, 2.75) is 52.6 Å². The first kappa shape index (κ1) is 20.1. The second kappa shape index (κ2) is 8.05. The molecule has 2 aromatic heterocycles. The maximum absolute atomic E-state index is 3.69. The summed E-state index contributed by atoms with van der Waals surface area (Å²) in [5.74, 6) is 0. The van der Waals surface area contributed by atoms with Crippen LogP contribution in [0.1, 0.15) is 39.5 Å². The lowest BCUT2D eigenvalue weighted by atomic mass is 10.1. The number of aromatic nitrogens is 2. The molecule has 0 atom stereocenters. The molecule has 0 unspecified atom stereocenters. The lowest BCUT2D eigenvalue weighted by Gasteiger charge is -2.08. The van der Waals surface area contributed by atoms with Gasteiger partial charge in [0.05, 0.1) is 0 Å². The van der Waals surface area contributed by atoms with Crippen LogP contribution in [0.15, 0.2) is 57.5 Å². The molecular weight excluding hydrogens is 500 g/mol. The molecule has 3 aromatic carbocycles. The number of nitrogens with zero attached hydrogens (tertiary/aromatic N) is 2. The molecule has 154 valence electrons. The number of halogens is 2. The SMILES string of the molecule is CCCCn1c2ccc(Br)cc2c2cc3c(cc21)c1cc(Br)ccc1n3CCCC. The van der Waals surface area contributed by atoms with Gasteiger partial charge in [0.25, 0.3) is 0 Å². The van der Waals surface area contributed by atoms with E-state index in [1.165, 1.54) is 69.3 Å². The number of aryl methyl sites for hydroxylation is 2. The van der Waals surface area contributed by atoms with Crippen LogP contribution in [0.4, 0.5) is 0 Å². The minimum atomic E-state index is 1.06. The van der Waals surface area contributed by atoms with Crippen LogP contribution in [0, 0.1) is 0 Å². The van der Waals surface area contributed by atoms with Gasteiger partial charge in [0.2, 0.25) is 0 Å². The third-order valence-corrected chi connectivity index (χ3v) is 7.23. The molecule has 0 amide bonds. The van der Waals surface area contributed by atoms with Crippen molar-refractivity contribution in [1.82, 2.24) is 9.13 Å². The molecule has 0 aliphatic carbocycles. The van der Waals surface area contributed by atoms with Gasteiger partial charge in [-0.25, -0.2) is 0 Å². The molecule has 4 heteroatoms. The molecule has 2 heterocycles. The number of benzene rings is 3. The second-order valence-electron chi connectivity index (χ2n) is 8.22. The Balaban J connectivity index is 1.91. The van der Waals surface area contributed by atoms with Crippen LogP contribution < -0.4 is 0 Å². The zero-order valence-electron chi connectivity index (χ0n) is 17.5. The Bertz CT molecular complexity index is 1280. The van der Waals surface area contributed by atoms with Crippen molar-refractivity contribution < 1.29 is 0 Å². The van der Waals surface area contributed by atoms with Gasteiger partial charge in [0.1, 0.15) is 0 Å². The first-order valence-corrected chi connectivity index (χ1v) is 12.5. The Morgan fingerprint density at radius 1 is 0.567 bits per heavy atom. The minimum Gasteiger partial charge on any atom is -0.340 e. The molecule has 0 radical (unpaired) electrons. The van der Waals surface area contributed by atoms with E-state index in [9.17, 15) is 0 Å². The van der Waals surface area contributed by atoms with Gasteiger partial charge in [-0.1, -0.05) is 58.5 Å². The number of hydrogen-bond acceptors (Lipinski definition) is 0. The number of rotatable bonds is 6. The largest absolute Gasteiger partial charge is 0.340 e. The molecule has 30 heavy (non-hydrogen) atoms. The van der Waals surface area contributed by atoms with E-state index in [4.69, 9.17) is 0 Å². The zero-order valence-corrected chi connectivity index (χ0v) is 20.7. The predicted molar refractivity (Wildman–Crippen MR) is 138 cm³/mol. The van der Waals surface area contributed by atoms with Gasteiger partial charge in [-0.2, -0.15) is 0 Å². The Kier molecular flexibility index (Phi) is 5.40. The van der Waals surface area contributed by atoms with Crippen molar-refractivity contribution in [3.8, 4) is 0 Å². The molecule has 0 fully saturated rings. The average Bonchev–Trinajstić information content (AvgIpc) is 3.20. The third kappa shape index (κ3) is 3.20. The van der Waals surface area contributed by atoms with Crippen molar-refractivity contribution in [1.29, 1.82) is 0 Å². The van der Waals surface area contributed by atoms with Crippen molar-refractivity contribution in [2.75, 3.05) is 0 Å². The lowest BCUT2D eigenvalue weighted by molar-refractivity contribution is 0.663. The normalized spacial score (nSPS) is 12.1. The summed E-state index contributed by atoms with van der Waals surface area (Å²) in [6.45, 7) is 6.65. The molecular formula is C26H26Br2N2. The predicted octanol–water partition coefficient (Wildman–Crippen LogP) is 9.03. The highest BCUT2D eigenvalue weighted by Gasteiger charge is 2.17. The van der Waals surface area contributed by atoms with Crippen molar-refractivity contribution in [3.63, 3.8) is 0 Å². The van der Waals surface area contributed by atoms with Gasteiger partial charge in [0, 0.05) is 65.6 Å². The third-order valence-electron chi connectivity index (χ3n) is 6.25. The van der Waals surface area contributed by atoms with Crippen LogP contribution in [0.25, 0.3) is 43.6 Å². The molecule has 0 aliphatic heterocycles. The van der Waals surface area contributed by atoms with Gasteiger partial charge in [-0.05, 0) is 61.4 Å². The molecule has 0 N–H and O–H groups in total. The zero-order chi connectivity index (χ0) is 20.8. The van der Waals surface area contributed by atoms with Crippen LogP contribution in [-0.2, 0) is 13.1 Å².